The zero-order valence-electron chi connectivity index (χ0n) is 40.8. The molecule has 2 saturated heterocycles. The van der Waals surface area contributed by atoms with Gasteiger partial charge in [-0.05, 0) is 74.5 Å². The van der Waals surface area contributed by atoms with Gasteiger partial charge in [0.1, 0.15) is 47.8 Å². The molecule has 0 saturated carbocycles. The first-order valence-electron chi connectivity index (χ1n) is 22.9. The smallest absolute Gasteiger partial charge is 0.420 e. The van der Waals surface area contributed by atoms with E-state index < -0.39 is 63.7 Å². The van der Waals surface area contributed by atoms with Crippen molar-refractivity contribution in [3.8, 4) is 28.1 Å². The van der Waals surface area contributed by atoms with Gasteiger partial charge in [0, 0.05) is 19.2 Å². The van der Waals surface area contributed by atoms with E-state index in [0.717, 1.165) is 33.8 Å². The van der Waals surface area contributed by atoms with E-state index in [0.29, 0.717) is 30.8 Å². The molecule has 4 heterocycles. The van der Waals surface area contributed by atoms with Crippen LogP contribution < -0.4 is 29.9 Å². The molecule has 2 N–H and O–H groups in total. The summed E-state index contributed by atoms with van der Waals surface area (Å²) in [6.07, 6.45) is -2.77. The molecule has 2 aromatic heterocycles. The minimum Gasteiger partial charge on any atom is -0.494 e. The van der Waals surface area contributed by atoms with Crippen LogP contribution in [0.2, 0.25) is 0 Å². The van der Waals surface area contributed by atoms with Gasteiger partial charge < -0.3 is 39.2 Å². The molecule has 0 unspecified atom stereocenters. The second kappa shape index (κ2) is 23.5. The summed E-state index contributed by atoms with van der Waals surface area (Å²) in [5.41, 5.74) is -0.840. The number of hydrogen-bond donors (Lipinski definition) is 2. The lowest BCUT2D eigenvalue weighted by Crippen LogP contribution is -2.58. The Morgan fingerprint density at radius 3 is 2.26 bits per heavy atom. The van der Waals surface area contributed by atoms with Crippen molar-refractivity contribution < 1.29 is 60.4 Å². The minimum absolute atomic E-state index is 0.0564. The molecule has 2 fully saturated rings. The van der Waals surface area contributed by atoms with Crippen molar-refractivity contribution >= 4 is 63.7 Å². The molecule has 23 heteroatoms. The Balaban J connectivity index is 0.889. The van der Waals surface area contributed by atoms with Gasteiger partial charge in [0.15, 0.2) is 10.9 Å². The number of carbonyl (C=O) groups is 4. The molecular formula is C49H56F4N8O9S2. The van der Waals surface area contributed by atoms with Crippen molar-refractivity contribution in [2.75, 3.05) is 69.7 Å². The first-order chi connectivity index (χ1) is 34.1. The maximum atomic E-state index is 15.5. The Kier molecular flexibility index (Phi) is 17.9. The Bertz CT molecular complexity index is 2670. The van der Waals surface area contributed by atoms with Gasteiger partial charge >= 0.3 is 6.18 Å². The van der Waals surface area contributed by atoms with Gasteiger partial charge in [0.05, 0.1) is 79.7 Å². The summed E-state index contributed by atoms with van der Waals surface area (Å²) in [7, 11) is 1.33. The summed E-state index contributed by atoms with van der Waals surface area (Å²) in [4.78, 5) is 67.1. The van der Waals surface area contributed by atoms with Gasteiger partial charge in [-0.1, -0.05) is 45.0 Å². The molecule has 386 valence electrons. The van der Waals surface area contributed by atoms with Crippen LogP contribution in [0.4, 0.5) is 28.9 Å². The number of likely N-dealkylation sites (tertiary alicyclic amines) is 1. The largest absolute Gasteiger partial charge is 0.494 e. The molecule has 0 bridgehead atoms. The fourth-order valence-corrected chi connectivity index (χ4v) is 9.45. The number of benzene rings is 2. The highest BCUT2D eigenvalue weighted by molar-refractivity contribution is 7.81. The molecule has 72 heavy (non-hydrogen) atoms. The number of methoxy groups -OCH3 is 1. The summed E-state index contributed by atoms with van der Waals surface area (Å²) in [5.74, 6) is -3.49. The third-order valence-electron chi connectivity index (χ3n) is 11.9. The maximum Gasteiger partial charge on any atom is 0.420 e. The number of thiocarbonyl (C=S) groups is 1. The summed E-state index contributed by atoms with van der Waals surface area (Å²) in [6.45, 7) is 11.6. The van der Waals surface area contributed by atoms with Crippen molar-refractivity contribution in [3.63, 3.8) is 0 Å². The SMILES string of the molecule is COc1cc(OCCOCCOCCOCC(=O)N[C@H](C(=O)N2CCC[C@H]2C(=O)NCc2ccc(-c3scnc3C)cc2)C(C)(C)C)ncc1N1C(=S)N(c2ccc(C#N)c(C(F)(F)F)c2F)C(=O)C1(C)C. The van der Waals surface area contributed by atoms with Crippen molar-refractivity contribution in [2.24, 2.45) is 5.41 Å². The van der Waals surface area contributed by atoms with Gasteiger partial charge in [-0.15, -0.1) is 11.3 Å². The molecule has 2 atom stereocenters. The topological polar surface area (TPSA) is 198 Å². The quantitative estimate of drug-likeness (QED) is 0.0506. The fraction of sp³-hybridized carbons (Fsp3) is 0.469. The van der Waals surface area contributed by atoms with E-state index in [1.54, 1.807) is 16.2 Å². The first kappa shape index (κ1) is 55.0. The molecule has 2 aliphatic heterocycles. The molecular weight excluding hydrogens is 985 g/mol. The van der Waals surface area contributed by atoms with E-state index in [4.69, 9.17) is 35.9 Å². The molecule has 2 aliphatic rings. The monoisotopic (exact) mass is 1040 g/mol. The van der Waals surface area contributed by atoms with Crippen LogP contribution in [-0.4, -0.2) is 121 Å². The normalized spacial score (nSPS) is 16.2. The van der Waals surface area contributed by atoms with Crippen molar-refractivity contribution in [3.05, 3.63) is 82.4 Å². The zero-order chi connectivity index (χ0) is 52.5. The number of ether oxygens (including phenoxy) is 5. The number of aryl methyl sites for hydroxylation is 1. The van der Waals surface area contributed by atoms with E-state index in [-0.39, 0.29) is 80.5 Å². The number of nitrogens with one attached hydrogen (secondary N) is 2. The second-order valence-corrected chi connectivity index (χ2v) is 19.5. The molecule has 2 aromatic carbocycles. The number of alkyl halides is 3. The number of amides is 4. The number of anilines is 2. The van der Waals surface area contributed by atoms with Crippen LogP contribution in [0.15, 0.2) is 54.2 Å². The number of rotatable bonds is 21. The number of pyridine rings is 1. The lowest BCUT2D eigenvalue weighted by molar-refractivity contribution is -0.144. The third-order valence-corrected chi connectivity index (χ3v) is 13.2. The van der Waals surface area contributed by atoms with Gasteiger partial charge in [0.25, 0.3) is 5.91 Å². The highest BCUT2D eigenvalue weighted by Crippen LogP contribution is 2.44. The van der Waals surface area contributed by atoms with Crippen LogP contribution in [0.3, 0.4) is 0 Å². The van der Waals surface area contributed by atoms with Crippen LogP contribution in [-0.2, 0) is 46.1 Å². The van der Waals surface area contributed by atoms with Crippen molar-refractivity contribution in [2.45, 2.75) is 84.7 Å². The summed E-state index contributed by atoms with van der Waals surface area (Å²) >= 11 is 7.10. The van der Waals surface area contributed by atoms with E-state index in [9.17, 15) is 37.6 Å². The number of halogens is 4. The van der Waals surface area contributed by atoms with Crippen LogP contribution in [0.1, 0.15) is 69.8 Å². The predicted molar refractivity (Wildman–Crippen MR) is 262 cm³/mol. The molecule has 0 spiro atoms. The molecule has 4 amide bonds. The van der Waals surface area contributed by atoms with Crippen LogP contribution in [0, 0.1) is 29.5 Å². The van der Waals surface area contributed by atoms with Gasteiger partial charge in [0.2, 0.25) is 23.6 Å². The molecule has 0 radical (unpaired) electrons. The van der Waals surface area contributed by atoms with Crippen LogP contribution >= 0.6 is 23.6 Å². The maximum absolute atomic E-state index is 15.5. The average molecular weight is 1040 g/mol. The molecule has 4 aromatic rings. The Morgan fingerprint density at radius 2 is 1.65 bits per heavy atom. The number of carbonyl (C=O) groups excluding carboxylic acids is 4. The third kappa shape index (κ3) is 12.6. The lowest BCUT2D eigenvalue weighted by atomic mass is 9.85. The highest BCUT2D eigenvalue weighted by Gasteiger charge is 2.53. The minimum atomic E-state index is -5.22. The molecule has 6 rings (SSSR count). The second-order valence-electron chi connectivity index (χ2n) is 18.3. The number of thiazole rings is 1. The molecule has 17 nitrogen and oxygen atoms in total. The Morgan fingerprint density at radius 1 is 0.986 bits per heavy atom. The van der Waals surface area contributed by atoms with Crippen LogP contribution in [0.5, 0.6) is 11.6 Å². The Hall–Kier alpha value is -6.32. The predicted octanol–water partition coefficient (Wildman–Crippen LogP) is 6.74. The lowest BCUT2D eigenvalue weighted by Gasteiger charge is -2.35. The van der Waals surface area contributed by atoms with Crippen molar-refractivity contribution in [1.29, 1.82) is 5.26 Å². The summed E-state index contributed by atoms with van der Waals surface area (Å²) in [6, 6.07) is 10.8. The first-order valence-corrected chi connectivity index (χ1v) is 24.1. The summed E-state index contributed by atoms with van der Waals surface area (Å²) < 4.78 is 84.7. The Labute approximate surface area is 423 Å². The molecule has 0 aliphatic carbocycles. The summed E-state index contributed by atoms with van der Waals surface area (Å²) in [5, 5.41) is 14.6. The number of aromatic nitrogens is 2. The van der Waals surface area contributed by atoms with E-state index in [2.05, 4.69) is 20.6 Å². The number of hydrogen-bond acceptors (Lipinski definition) is 14. The zero-order valence-corrected chi connectivity index (χ0v) is 42.4. The van der Waals surface area contributed by atoms with Gasteiger partial charge in [-0.2, -0.15) is 18.4 Å². The van der Waals surface area contributed by atoms with E-state index in [1.165, 1.54) is 44.2 Å². The fourth-order valence-electron chi connectivity index (χ4n) is 8.13. The van der Waals surface area contributed by atoms with E-state index >= 15 is 4.39 Å². The number of nitrogens with zero attached hydrogens (tertiary/aromatic N) is 6. The number of nitriles is 1. The standard InChI is InChI=1S/C49H56F4N8O9S2/c1-29-41(72-28-57-29)31-12-10-30(11-13-31)25-56-43(63)34-9-8-16-59(34)44(64)42(47(2,3)4)58-37(62)27-69-20-19-67-17-18-68-21-22-70-38-23-36(66-7)35(26-55-38)61-46(71)60(45(65)48(61,5)6)33-15-14-32(24-54)39(40(33)50)49(51,52)53/h10-15,23,26,28,34,42H,8-9,16-22,25,27H2,1-7H3,(H,56,63)(H,58,62)/t34-,42+/m0/s1. The highest BCUT2D eigenvalue weighted by atomic mass is 32.1. The van der Waals surface area contributed by atoms with E-state index in [1.807, 2.05) is 57.5 Å². The van der Waals surface area contributed by atoms with Gasteiger partial charge in [-0.25, -0.2) is 14.4 Å². The average Bonchev–Trinajstić information content (AvgIpc) is 4.05. The van der Waals surface area contributed by atoms with Crippen LogP contribution in [0.25, 0.3) is 10.4 Å². The van der Waals surface area contributed by atoms with Gasteiger partial charge in [-0.3, -0.25) is 29.0 Å². The van der Waals surface area contributed by atoms with Crippen molar-refractivity contribution in [1.82, 2.24) is 25.5 Å².